The fourth-order valence-electron chi connectivity index (χ4n) is 2.23. The molecule has 0 bridgehead atoms. The van der Waals surface area contributed by atoms with Crippen LogP contribution in [0.25, 0.3) is 0 Å². The monoisotopic (exact) mass is 292 g/mol. The highest BCUT2D eigenvalue weighted by atomic mass is 19.1. The number of halogens is 1. The lowest BCUT2D eigenvalue weighted by Gasteiger charge is -2.16. The van der Waals surface area contributed by atoms with E-state index in [0.717, 1.165) is 10.5 Å². The predicted molar refractivity (Wildman–Crippen MR) is 73.5 cm³/mol. The zero-order valence-corrected chi connectivity index (χ0v) is 11.8. The molecular formula is C15H17FN2O3. The van der Waals surface area contributed by atoms with Crippen LogP contribution in [0.4, 0.5) is 4.39 Å². The molecule has 1 N–H and O–H groups in total. The lowest BCUT2D eigenvalue weighted by molar-refractivity contribution is -0.138. The second-order valence-corrected chi connectivity index (χ2v) is 5.03. The molecule has 0 radical (unpaired) electrons. The van der Waals surface area contributed by atoms with Gasteiger partial charge in [-0.15, -0.1) is 0 Å². The van der Waals surface area contributed by atoms with Crippen molar-refractivity contribution < 1.29 is 18.8 Å². The summed E-state index contributed by atoms with van der Waals surface area (Å²) in [7, 11) is 0. The molecule has 112 valence electrons. The molecule has 1 heterocycles. The number of hydrogen-bond donors (Lipinski definition) is 1. The molecule has 0 aromatic heterocycles. The molecule has 0 unspecified atom stereocenters. The molecule has 0 saturated carbocycles. The van der Waals surface area contributed by atoms with Gasteiger partial charge < -0.3 is 5.32 Å². The highest BCUT2D eigenvalue weighted by Crippen LogP contribution is 2.14. The number of hydrogen-bond acceptors (Lipinski definition) is 3. The van der Waals surface area contributed by atoms with Gasteiger partial charge >= 0.3 is 0 Å². The standard InChI is InChI=1S/C15H17FN2O3/c1-10(11-2-4-12(16)5-3-11)17-13(19)8-9-18-14(20)6-7-15(18)21/h2-5,10H,6-9H2,1H3,(H,17,19)/t10-/m0/s1. The normalized spacial score (nSPS) is 16.2. The van der Waals surface area contributed by atoms with Gasteiger partial charge in [0.05, 0.1) is 6.04 Å². The number of rotatable bonds is 5. The fourth-order valence-corrected chi connectivity index (χ4v) is 2.23. The van der Waals surface area contributed by atoms with Crippen LogP contribution in [0.5, 0.6) is 0 Å². The van der Waals surface area contributed by atoms with Gasteiger partial charge in [-0.05, 0) is 24.6 Å². The van der Waals surface area contributed by atoms with E-state index in [2.05, 4.69) is 5.32 Å². The quantitative estimate of drug-likeness (QED) is 0.837. The third kappa shape index (κ3) is 3.87. The number of carbonyl (C=O) groups excluding carboxylic acids is 3. The molecule has 1 aliphatic rings. The predicted octanol–water partition coefficient (Wildman–Crippen LogP) is 1.54. The van der Waals surface area contributed by atoms with Crippen LogP contribution in [0.1, 0.15) is 37.8 Å². The topological polar surface area (TPSA) is 66.5 Å². The van der Waals surface area contributed by atoms with Crippen molar-refractivity contribution in [2.75, 3.05) is 6.54 Å². The lowest BCUT2D eigenvalue weighted by atomic mass is 10.1. The summed E-state index contributed by atoms with van der Waals surface area (Å²) in [6.45, 7) is 1.90. The second-order valence-electron chi connectivity index (χ2n) is 5.03. The van der Waals surface area contributed by atoms with Gasteiger partial charge in [-0.25, -0.2) is 4.39 Å². The first kappa shape index (κ1) is 15.2. The van der Waals surface area contributed by atoms with Crippen LogP contribution in [-0.4, -0.2) is 29.2 Å². The number of nitrogens with zero attached hydrogens (tertiary/aromatic N) is 1. The Kier molecular flexibility index (Phi) is 4.67. The minimum Gasteiger partial charge on any atom is -0.350 e. The maximum absolute atomic E-state index is 12.8. The van der Waals surface area contributed by atoms with E-state index in [1.165, 1.54) is 12.1 Å². The Labute approximate surface area is 122 Å². The third-order valence-electron chi connectivity index (χ3n) is 3.46. The van der Waals surface area contributed by atoms with Crippen molar-refractivity contribution in [3.63, 3.8) is 0 Å². The first-order valence-corrected chi connectivity index (χ1v) is 6.85. The van der Waals surface area contributed by atoms with Crippen molar-refractivity contribution in [3.05, 3.63) is 35.6 Å². The summed E-state index contributed by atoms with van der Waals surface area (Å²) in [4.78, 5) is 35.8. The highest BCUT2D eigenvalue weighted by molar-refractivity contribution is 6.02. The maximum Gasteiger partial charge on any atom is 0.229 e. The summed E-state index contributed by atoms with van der Waals surface area (Å²) in [6, 6.07) is 5.61. The fraction of sp³-hybridized carbons (Fsp3) is 0.400. The molecule has 1 saturated heterocycles. The first-order chi connectivity index (χ1) is 9.97. The number of amides is 3. The molecule has 1 fully saturated rings. The molecule has 1 atom stereocenters. The van der Waals surface area contributed by atoms with Crippen molar-refractivity contribution in [3.8, 4) is 0 Å². The number of imide groups is 1. The van der Waals surface area contributed by atoms with Crippen LogP contribution in [0.2, 0.25) is 0 Å². The van der Waals surface area contributed by atoms with E-state index in [1.807, 2.05) is 0 Å². The second kappa shape index (κ2) is 6.47. The van der Waals surface area contributed by atoms with E-state index in [4.69, 9.17) is 0 Å². The molecule has 3 amide bonds. The molecule has 1 aromatic carbocycles. The van der Waals surface area contributed by atoms with Gasteiger partial charge in [0.15, 0.2) is 0 Å². The Balaban J connectivity index is 1.83. The number of likely N-dealkylation sites (tertiary alicyclic amines) is 1. The Morgan fingerprint density at radius 2 is 1.81 bits per heavy atom. The lowest BCUT2D eigenvalue weighted by Crippen LogP contribution is -2.34. The van der Waals surface area contributed by atoms with Crippen molar-refractivity contribution in [2.24, 2.45) is 0 Å². The Morgan fingerprint density at radius 1 is 1.24 bits per heavy atom. The van der Waals surface area contributed by atoms with E-state index < -0.39 is 0 Å². The van der Waals surface area contributed by atoms with E-state index in [9.17, 15) is 18.8 Å². The van der Waals surface area contributed by atoms with Gasteiger partial charge in [-0.1, -0.05) is 12.1 Å². The summed E-state index contributed by atoms with van der Waals surface area (Å²) in [5, 5.41) is 2.76. The Morgan fingerprint density at radius 3 is 2.38 bits per heavy atom. The average Bonchev–Trinajstić information content (AvgIpc) is 2.76. The van der Waals surface area contributed by atoms with E-state index in [1.54, 1.807) is 19.1 Å². The molecule has 21 heavy (non-hydrogen) atoms. The maximum atomic E-state index is 12.8. The van der Waals surface area contributed by atoms with E-state index >= 15 is 0 Å². The van der Waals surface area contributed by atoms with Gasteiger partial charge in [0.1, 0.15) is 5.82 Å². The number of carbonyl (C=O) groups is 3. The van der Waals surface area contributed by atoms with Crippen LogP contribution in [0.3, 0.4) is 0 Å². The Bertz CT molecular complexity index is 541. The molecular weight excluding hydrogens is 275 g/mol. The summed E-state index contributed by atoms with van der Waals surface area (Å²) < 4.78 is 12.8. The highest BCUT2D eigenvalue weighted by Gasteiger charge is 2.28. The van der Waals surface area contributed by atoms with Gasteiger partial charge in [0.25, 0.3) is 0 Å². The minimum absolute atomic E-state index is 0.0724. The third-order valence-corrected chi connectivity index (χ3v) is 3.46. The Hall–Kier alpha value is -2.24. The molecule has 2 rings (SSSR count). The van der Waals surface area contributed by atoms with Gasteiger partial charge in [0, 0.05) is 25.8 Å². The summed E-state index contributed by atoms with van der Waals surface area (Å²) in [5.74, 6) is -1.03. The zero-order chi connectivity index (χ0) is 15.4. The van der Waals surface area contributed by atoms with Crippen molar-refractivity contribution >= 4 is 17.7 Å². The van der Waals surface area contributed by atoms with Gasteiger partial charge in [-0.3, -0.25) is 19.3 Å². The molecule has 1 aliphatic heterocycles. The largest absolute Gasteiger partial charge is 0.350 e. The molecule has 1 aromatic rings. The molecule has 6 heteroatoms. The zero-order valence-electron chi connectivity index (χ0n) is 11.8. The first-order valence-electron chi connectivity index (χ1n) is 6.85. The average molecular weight is 292 g/mol. The smallest absolute Gasteiger partial charge is 0.229 e. The van der Waals surface area contributed by atoms with Crippen molar-refractivity contribution in [2.45, 2.75) is 32.2 Å². The minimum atomic E-state index is -0.330. The SMILES string of the molecule is C[C@H](NC(=O)CCN1C(=O)CCC1=O)c1ccc(F)cc1. The number of nitrogens with one attached hydrogen (secondary N) is 1. The van der Waals surface area contributed by atoms with Crippen LogP contribution < -0.4 is 5.32 Å². The summed E-state index contributed by atoms with van der Waals surface area (Å²) in [5.41, 5.74) is 0.790. The van der Waals surface area contributed by atoms with E-state index in [0.29, 0.717) is 0 Å². The van der Waals surface area contributed by atoms with Gasteiger partial charge in [0.2, 0.25) is 17.7 Å². The molecule has 5 nitrogen and oxygen atoms in total. The van der Waals surface area contributed by atoms with Crippen LogP contribution in [0.15, 0.2) is 24.3 Å². The van der Waals surface area contributed by atoms with Crippen molar-refractivity contribution in [1.82, 2.24) is 10.2 Å². The van der Waals surface area contributed by atoms with Gasteiger partial charge in [-0.2, -0.15) is 0 Å². The van der Waals surface area contributed by atoms with E-state index in [-0.39, 0.29) is 55.4 Å². The number of benzene rings is 1. The van der Waals surface area contributed by atoms with Crippen molar-refractivity contribution in [1.29, 1.82) is 0 Å². The summed E-state index contributed by atoms with van der Waals surface area (Å²) >= 11 is 0. The van der Waals surface area contributed by atoms with Crippen LogP contribution in [-0.2, 0) is 14.4 Å². The van der Waals surface area contributed by atoms with Crippen LogP contribution in [0, 0.1) is 5.82 Å². The van der Waals surface area contributed by atoms with Crippen LogP contribution >= 0.6 is 0 Å². The molecule has 0 spiro atoms. The summed E-state index contributed by atoms with van der Waals surface area (Å²) in [6.07, 6.45) is 0.530. The molecule has 0 aliphatic carbocycles.